The number of nitrogen functional groups attached to an aromatic ring is 1. The van der Waals surface area contributed by atoms with Crippen LogP contribution in [-0.4, -0.2) is 32.2 Å². The van der Waals surface area contributed by atoms with E-state index < -0.39 is 15.9 Å². The number of sulfonamides is 1. The molecule has 6 nitrogen and oxygen atoms in total. The largest absolute Gasteiger partial charge is 0.398 e. The van der Waals surface area contributed by atoms with E-state index in [4.69, 9.17) is 11.5 Å². The summed E-state index contributed by atoms with van der Waals surface area (Å²) >= 11 is 0. The predicted molar refractivity (Wildman–Crippen MR) is 64.6 cm³/mol. The van der Waals surface area contributed by atoms with Crippen LogP contribution in [0.25, 0.3) is 0 Å². The predicted octanol–water partition coefficient (Wildman–Crippen LogP) is -0.317. The van der Waals surface area contributed by atoms with Gasteiger partial charge in [-0.1, -0.05) is 12.1 Å². The number of hydrogen-bond donors (Lipinski definition) is 2. The third-order valence-corrected chi connectivity index (χ3v) is 4.31. The van der Waals surface area contributed by atoms with Crippen LogP contribution in [-0.2, 0) is 14.8 Å². The van der Waals surface area contributed by atoms with Crippen molar-refractivity contribution >= 4 is 21.6 Å². The molecule has 94 valence electrons. The van der Waals surface area contributed by atoms with E-state index in [0.717, 1.165) is 4.31 Å². The van der Waals surface area contributed by atoms with Crippen LogP contribution in [0, 0.1) is 6.92 Å². The van der Waals surface area contributed by atoms with E-state index in [1.54, 1.807) is 19.1 Å². The number of hydrogen-bond acceptors (Lipinski definition) is 4. The summed E-state index contributed by atoms with van der Waals surface area (Å²) in [7, 11) is -2.50. The average molecular weight is 257 g/mol. The summed E-state index contributed by atoms with van der Waals surface area (Å²) in [6.45, 7) is 1.26. The third-order valence-electron chi connectivity index (χ3n) is 2.29. The van der Waals surface area contributed by atoms with Crippen molar-refractivity contribution in [2.75, 3.05) is 19.3 Å². The maximum Gasteiger partial charge on any atom is 0.245 e. The van der Waals surface area contributed by atoms with E-state index in [2.05, 4.69) is 0 Å². The number of rotatable bonds is 4. The minimum atomic E-state index is -3.79. The van der Waals surface area contributed by atoms with Gasteiger partial charge in [-0.3, -0.25) is 4.79 Å². The lowest BCUT2D eigenvalue weighted by atomic mass is 10.2. The van der Waals surface area contributed by atoms with Gasteiger partial charge in [0.2, 0.25) is 15.9 Å². The lowest BCUT2D eigenvalue weighted by Gasteiger charge is -2.18. The first kappa shape index (κ1) is 13.5. The number of aryl methyl sites for hydroxylation is 1. The summed E-state index contributed by atoms with van der Waals surface area (Å²) in [5.74, 6) is -0.719. The van der Waals surface area contributed by atoms with E-state index in [0.29, 0.717) is 5.56 Å². The molecule has 17 heavy (non-hydrogen) atoms. The Morgan fingerprint density at radius 1 is 1.41 bits per heavy atom. The molecule has 0 heterocycles. The van der Waals surface area contributed by atoms with E-state index in [-0.39, 0.29) is 17.1 Å². The minimum absolute atomic E-state index is 0.0174. The average Bonchev–Trinajstić information content (AvgIpc) is 2.15. The van der Waals surface area contributed by atoms with Crippen molar-refractivity contribution in [2.45, 2.75) is 11.8 Å². The fourth-order valence-electron chi connectivity index (χ4n) is 1.49. The second-order valence-corrected chi connectivity index (χ2v) is 5.70. The van der Waals surface area contributed by atoms with Gasteiger partial charge in [0, 0.05) is 7.05 Å². The highest BCUT2D eigenvalue weighted by molar-refractivity contribution is 7.89. The van der Waals surface area contributed by atoms with E-state index >= 15 is 0 Å². The summed E-state index contributed by atoms with van der Waals surface area (Å²) in [6, 6.07) is 4.80. The highest BCUT2D eigenvalue weighted by Gasteiger charge is 2.25. The van der Waals surface area contributed by atoms with Gasteiger partial charge in [-0.15, -0.1) is 0 Å². The first-order valence-corrected chi connectivity index (χ1v) is 6.30. The van der Waals surface area contributed by atoms with Crippen LogP contribution in [0.15, 0.2) is 23.1 Å². The second-order valence-electron chi connectivity index (χ2n) is 3.72. The molecule has 0 aliphatic carbocycles. The van der Waals surface area contributed by atoms with Crippen molar-refractivity contribution in [1.29, 1.82) is 0 Å². The Morgan fingerprint density at radius 3 is 2.47 bits per heavy atom. The van der Waals surface area contributed by atoms with Crippen LogP contribution in [0.1, 0.15) is 5.56 Å². The minimum Gasteiger partial charge on any atom is -0.398 e. The zero-order valence-electron chi connectivity index (χ0n) is 9.67. The first-order valence-electron chi connectivity index (χ1n) is 4.86. The first-order chi connectivity index (χ1) is 7.76. The lowest BCUT2D eigenvalue weighted by molar-refractivity contribution is -0.118. The van der Waals surface area contributed by atoms with Crippen LogP contribution in [0.5, 0.6) is 0 Å². The van der Waals surface area contributed by atoms with Crippen molar-refractivity contribution in [3.8, 4) is 0 Å². The molecule has 0 aliphatic heterocycles. The summed E-state index contributed by atoms with van der Waals surface area (Å²) < 4.78 is 25.2. The van der Waals surface area contributed by atoms with Crippen molar-refractivity contribution in [2.24, 2.45) is 5.73 Å². The Bertz CT molecular complexity index is 519. The van der Waals surface area contributed by atoms with Gasteiger partial charge >= 0.3 is 0 Å². The van der Waals surface area contributed by atoms with Crippen molar-refractivity contribution in [1.82, 2.24) is 4.31 Å². The van der Waals surface area contributed by atoms with E-state index in [9.17, 15) is 13.2 Å². The number of amides is 1. The van der Waals surface area contributed by atoms with Gasteiger partial charge in [-0.05, 0) is 18.6 Å². The lowest BCUT2D eigenvalue weighted by Crippen LogP contribution is -2.36. The SMILES string of the molecule is Cc1cccc(N)c1S(=O)(=O)N(C)CC(N)=O. The number of nitrogens with two attached hydrogens (primary N) is 2. The fourth-order valence-corrected chi connectivity index (χ4v) is 2.94. The molecule has 1 amide bonds. The topological polar surface area (TPSA) is 106 Å². The van der Waals surface area contributed by atoms with Gasteiger partial charge < -0.3 is 11.5 Å². The van der Waals surface area contributed by atoms with Gasteiger partial charge in [-0.2, -0.15) is 4.31 Å². The maximum atomic E-state index is 12.1. The zero-order chi connectivity index (χ0) is 13.2. The Balaban J connectivity index is 3.27. The molecule has 0 fully saturated rings. The molecule has 0 radical (unpaired) electrons. The van der Waals surface area contributed by atoms with Crippen LogP contribution < -0.4 is 11.5 Å². The normalized spacial score (nSPS) is 11.7. The number of primary amides is 1. The molecular formula is C10H15N3O3S. The molecule has 0 spiro atoms. The van der Waals surface area contributed by atoms with Gasteiger partial charge in [-0.25, -0.2) is 8.42 Å². The molecule has 1 aromatic carbocycles. The second kappa shape index (κ2) is 4.72. The van der Waals surface area contributed by atoms with Crippen molar-refractivity contribution in [3.05, 3.63) is 23.8 Å². The smallest absolute Gasteiger partial charge is 0.245 e. The van der Waals surface area contributed by atoms with Gasteiger partial charge in [0.25, 0.3) is 0 Å². The fraction of sp³-hybridized carbons (Fsp3) is 0.300. The van der Waals surface area contributed by atoms with E-state index in [1.807, 2.05) is 0 Å². The Morgan fingerprint density at radius 2 is 2.00 bits per heavy atom. The molecule has 0 saturated carbocycles. The van der Waals surface area contributed by atoms with Gasteiger partial charge in [0.1, 0.15) is 4.90 Å². The number of benzene rings is 1. The molecule has 0 saturated heterocycles. The highest BCUT2D eigenvalue weighted by atomic mass is 32.2. The summed E-state index contributed by atoms with van der Waals surface area (Å²) in [4.78, 5) is 10.8. The molecule has 0 unspecified atom stereocenters. The molecule has 7 heteroatoms. The number of likely N-dealkylation sites (N-methyl/N-ethyl adjacent to an activating group) is 1. The summed E-state index contributed by atoms with van der Waals surface area (Å²) in [5.41, 5.74) is 11.3. The molecule has 1 aromatic rings. The van der Waals surface area contributed by atoms with Crippen LogP contribution in [0.3, 0.4) is 0 Å². The number of carbonyl (C=O) groups excluding carboxylic acids is 1. The Hall–Kier alpha value is -1.60. The number of nitrogens with zero attached hydrogens (tertiary/aromatic N) is 1. The standard InChI is InChI=1S/C10H15N3O3S/c1-7-4-3-5-8(11)10(7)17(15,16)13(2)6-9(12)14/h3-5H,6,11H2,1-2H3,(H2,12,14). The monoisotopic (exact) mass is 257 g/mol. The van der Waals surface area contributed by atoms with E-state index in [1.165, 1.54) is 13.1 Å². The molecule has 0 aliphatic rings. The number of carbonyl (C=O) groups is 1. The molecule has 1 rings (SSSR count). The molecule has 0 bridgehead atoms. The maximum absolute atomic E-state index is 12.1. The molecule has 0 aromatic heterocycles. The van der Waals surface area contributed by atoms with Crippen LogP contribution >= 0.6 is 0 Å². The zero-order valence-corrected chi connectivity index (χ0v) is 10.5. The molecular weight excluding hydrogens is 242 g/mol. The van der Waals surface area contributed by atoms with Crippen molar-refractivity contribution in [3.63, 3.8) is 0 Å². The van der Waals surface area contributed by atoms with Crippen molar-refractivity contribution < 1.29 is 13.2 Å². The molecule has 4 N–H and O–H groups in total. The summed E-state index contributed by atoms with van der Waals surface area (Å²) in [5, 5.41) is 0. The summed E-state index contributed by atoms with van der Waals surface area (Å²) in [6.07, 6.45) is 0. The Kier molecular flexibility index (Phi) is 3.74. The van der Waals surface area contributed by atoms with Gasteiger partial charge in [0.05, 0.1) is 12.2 Å². The van der Waals surface area contributed by atoms with Crippen LogP contribution in [0.2, 0.25) is 0 Å². The quantitative estimate of drug-likeness (QED) is 0.721. The third kappa shape index (κ3) is 2.75. The highest BCUT2D eigenvalue weighted by Crippen LogP contribution is 2.24. The van der Waals surface area contributed by atoms with Gasteiger partial charge in [0.15, 0.2) is 0 Å². The Labute approximate surface area is 100 Å². The van der Waals surface area contributed by atoms with Crippen LogP contribution in [0.4, 0.5) is 5.69 Å². The number of anilines is 1. The molecule has 0 atom stereocenters.